The Balaban J connectivity index is 2.20. The predicted molar refractivity (Wildman–Crippen MR) is 130 cm³/mol. The number of hydrogen-bond donors (Lipinski definition) is 1. The topological polar surface area (TPSA) is 117 Å². The van der Waals surface area contributed by atoms with Gasteiger partial charge in [-0.05, 0) is 30.2 Å². The molecule has 0 radical (unpaired) electrons. The maximum atomic E-state index is 13.7. The number of nitrogens with two attached hydrogens (primary N) is 1. The number of methoxy groups -OCH3 is 1. The fourth-order valence-electron chi connectivity index (χ4n) is 3.02. The van der Waals surface area contributed by atoms with E-state index in [2.05, 4.69) is 9.97 Å². The first-order valence-corrected chi connectivity index (χ1v) is 12.4. The van der Waals surface area contributed by atoms with Gasteiger partial charge in [-0.15, -0.1) is 0 Å². The molecule has 2 N–H and O–H groups in total. The molecule has 0 spiro atoms. The van der Waals surface area contributed by atoms with Crippen LogP contribution in [0.15, 0.2) is 59.8 Å². The highest BCUT2D eigenvalue weighted by atomic mass is 35.5. The lowest BCUT2D eigenvalue weighted by Crippen LogP contribution is -2.35. The van der Waals surface area contributed by atoms with Gasteiger partial charge in [-0.3, -0.25) is 0 Å². The highest BCUT2D eigenvalue weighted by Crippen LogP contribution is 2.42. The first kappa shape index (κ1) is 25.5. The Morgan fingerprint density at radius 3 is 2.50 bits per heavy atom. The van der Waals surface area contributed by atoms with Crippen LogP contribution in [0.1, 0.15) is 13.8 Å². The summed E-state index contributed by atoms with van der Waals surface area (Å²) in [6.45, 7) is 4.29. The molecule has 0 unspecified atom stereocenters. The van der Waals surface area contributed by atoms with E-state index >= 15 is 0 Å². The molecule has 182 valence electrons. The van der Waals surface area contributed by atoms with E-state index in [-0.39, 0.29) is 58.7 Å². The second-order valence-corrected chi connectivity index (χ2v) is 9.88. The molecule has 0 aliphatic carbocycles. The van der Waals surface area contributed by atoms with Gasteiger partial charge in [0.05, 0.1) is 17.0 Å². The minimum atomic E-state index is -4.00. The molecule has 9 nitrogen and oxygen atoms in total. The number of sulfonamides is 1. The van der Waals surface area contributed by atoms with Gasteiger partial charge in [-0.25, -0.2) is 17.7 Å². The molecule has 3 rings (SSSR count). The quantitative estimate of drug-likeness (QED) is 0.412. The lowest BCUT2D eigenvalue weighted by Gasteiger charge is -2.27. The first-order valence-electron chi connectivity index (χ1n) is 10.5. The highest BCUT2D eigenvalue weighted by Gasteiger charge is 2.32. The van der Waals surface area contributed by atoms with Gasteiger partial charge in [0.15, 0.2) is 5.82 Å². The van der Waals surface area contributed by atoms with E-state index in [0.717, 1.165) is 0 Å². The Labute approximate surface area is 204 Å². The molecule has 0 saturated heterocycles. The average Bonchev–Trinajstić information content (AvgIpc) is 2.83. The molecule has 0 fully saturated rings. The minimum Gasteiger partial charge on any atom is -0.497 e. The Morgan fingerprint density at radius 1 is 1.12 bits per heavy atom. The van der Waals surface area contributed by atoms with Crippen molar-refractivity contribution in [3.8, 4) is 23.1 Å². The van der Waals surface area contributed by atoms with Crippen LogP contribution in [-0.2, 0) is 10.0 Å². The summed E-state index contributed by atoms with van der Waals surface area (Å²) in [5.41, 5.74) is 5.60. The molecule has 0 bridgehead atoms. The van der Waals surface area contributed by atoms with E-state index in [9.17, 15) is 8.42 Å². The van der Waals surface area contributed by atoms with E-state index in [0.29, 0.717) is 5.75 Å². The van der Waals surface area contributed by atoms with E-state index in [1.54, 1.807) is 36.4 Å². The number of ether oxygens (including phenoxy) is 3. The fraction of sp³-hybridized carbons (Fsp3) is 0.304. The molecular formula is C23H27ClN4O5S. The molecule has 0 saturated carbocycles. The van der Waals surface area contributed by atoms with E-state index in [1.165, 1.54) is 29.9 Å². The summed E-state index contributed by atoms with van der Waals surface area (Å²) in [5.74, 6) is 0.723. The lowest BCUT2D eigenvalue weighted by atomic mass is 10.2. The third-order valence-electron chi connectivity index (χ3n) is 4.56. The van der Waals surface area contributed by atoms with Crippen molar-refractivity contribution < 1.29 is 22.6 Å². The summed E-state index contributed by atoms with van der Waals surface area (Å²) in [7, 11) is -2.49. The van der Waals surface area contributed by atoms with Crippen molar-refractivity contribution in [2.45, 2.75) is 18.7 Å². The van der Waals surface area contributed by atoms with Crippen molar-refractivity contribution in [1.29, 1.82) is 0 Å². The monoisotopic (exact) mass is 506 g/mol. The van der Waals surface area contributed by atoms with Crippen LogP contribution < -0.4 is 24.2 Å². The number of anilines is 1. The van der Waals surface area contributed by atoms with E-state index < -0.39 is 10.0 Å². The normalized spacial score (nSPS) is 11.4. The Bertz CT molecular complexity index is 1210. The number of aromatic nitrogens is 2. The lowest BCUT2D eigenvalue weighted by molar-refractivity contribution is 0.297. The average molecular weight is 507 g/mol. The smallest absolute Gasteiger partial charge is 0.265 e. The summed E-state index contributed by atoms with van der Waals surface area (Å²) >= 11 is 6.35. The fourth-order valence-corrected chi connectivity index (χ4v) is 4.79. The van der Waals surface area contributed by atoms with Crippen molar-refractivity contribution in [3.05, 3.63) is 59.9 Å². The van der Waals surface area contributed by atoms with Gasteiger partial charge in [-0.2, -0.15) is 4.98 Å². The largest absolute Gasteiger partial charge is 0.497 e. The standard InChI is InChI=1S/C23H27ClN4O5S/c1-16(2)14-28(34(29,30)18-7-5-4-6-8-18)22-21(23(27-15-26-22)32-12-11-25)33-20-13-17(31-3)9-10-19(20)24/h4-10,13,15-16H,11-12,14,25H2,1-3H3. The van der Waals surface area contributed by atoms with Gasteiger partial charge in [0.1, 0.15) is 24.4 Å². The second kappa shape index (κ2) is 11.4. The van der Waals surface area contributed by atoms with Gasteiger partial charge >= 0.3 is 0 Å². The van der Waals surface area contributed by atoms with Crippen LogP contribution in [0.4, 0.5) is 5.82 Å². The zero-order valence-electron chi connectivity index (χ0n) is 19.1. The second-order valence-electron chi connectivity index (χ2n) is 7.61. The summed E-state index contributed by atoms with van der Waals surface area (Å²) in [6.07, 6.45) is 1.22. The van der Waals surface area contributed by atoms with Crippen molar-refractivity contribution in [1.82, 2.24) is 9.97 Å². The summed E-state index contributed by atoms with van der Waals surface area (Å²) < 4.78 is 45.6. The Kier molecular flexibility index (Phi) is 8.54. The zero-order valence-corrected chi connectivity index (χ0v) is 20.7. The van der Waals surface area contributed by atoms with Crippen LogP contribution in [-0.4, -0.2) is 45.2 Å². The van der Waals surface area contributed by atoms with Gasteiger partial charge in [0, 0.05) is 19.2 Å². The van der Waals surface area contributed by atoms with Crippen molar-refractivity contribution in [2.75, 3.05) is 31.1 Å². The molecule has 3 aromatic rings. The molecule has 0 aliphatic rings. The van der Waals surface area contributed by atoms with Gasteiger partial charge in [-0.1, -0.05) is 43.6 Å². The van der Waals surface area contributed by atoms with Gasteiger partial charge in [0.25, 0.3) is 15.9 Å². The molecular weight excluding hydrogens is 480 g/mol. The maximum Gasteiger partial charge on any atom is 0.265 e. The molecule has 1 aromatic heterocycles. The molecule has 0 atom stereocenters. The first-order chi connectivity index (χ1) is 16.3. The molecule has 34 heavy (non-hydrogen) atoms. The Hall–Kier alpha value is -3.08. The van der Waals surface area contributed by atoms with Crippen molar-refractivity contribution in [2.24, 2.45) is 11.7 Å². The molecule has 0 aliphatic heterocycles. The highest BCUT2D eigenvalue weighted by molar-refractivity contribution is 7.92. The number of rotatable bonds is 11. The van der Waals surface area contributed by atoms with Crippen molar-refractivity contribution in [3.63, 3.8) is 0 Å². The summed E-state index contributed by atoms with van der Waals surface area (Å²) in [6, 6.07) is 13.0. The number of hydrogen-bond acceptors (Lipinski definition) is 8. The van der Waals surface area contributed by atoms with Crippen LogP contribution in [0, 0.1) is 5.92 Å². The van der Waals surface area contributed by atoms with Crippen LogP contribution in [0.25, 0.3) is 0 Å². The number of nitrogens with zero attached hydrogens (tertiary/aromatic N) is 3. The summed E-state index contributed by atoms with van der Waals surface area (Å²) in [4.78, 5) is 8.55. The minimum absolute atomic E-state index is 0.00809. The molecule has 2 aromatic carbocycles. The third kappa shape index (κ3) is 5.88. The molecule has 0 amide bonds. The van der Waals surface area contributed by atoms with Crippen molar-refractivity contribution >= 4 is 27.4 Å². The SMILES string of the molecule is COc1ccc(Cl)c(Oc2c(OCCN)ncnc2N(CC(C)C)S(=O)(=O)c2ccccc2)c1. The predicted octanol–water partition coefficient (Wildman–Crippen LogP) is 4.12. The van der Waals surface area contributed by atoms with Crippen LogP contribution in [0.5, 0.6) is 23.1 Å². The van der Waals surface area contributed by atoms with Crippen LogP contribution >= 0.6 is 11.6 Å². The zero-order chi connectivity index (χ0) is 24.7. The van der Waals surface area contributed by atoms with Gasteiger partial charge in [0.2, 0.25) is 5.75 Å². The number of benzene rings is 2. The maximum absolute atomic E-state index is 13.7. The molecule has 11 heteroatoms. The van der Waals surface area contributed by atoms with Crippen LogP contribution in [0.2, 0.25) is 5.02 Å². The third-order valence-corrected chi connectivity index (χ3v) is 6.64. The van der Waals surface area contributed by atoms with Crippen LogP contribution in [0.3, 0.4) is 0 Å². The molecule has 1 heterocycles. The number of halogens is 1. The summed E-state index contributed by atoms with van der Waals surface area (Å²) in [5, 5.41) is 0.279. The van der Waals surface area contributed by atoms with E-state index in [1.807, 2.05) is 13.8 Å². The Morgan fingerprint density at radius 2 is 1.85 bits per heavy atom. The van der Waals surface area contributed by atoms with Gasteiger partial charge < -0.3 is 19.9 Å². The van der Waals surface area contributed by atoms with E-state index in [4.69, 9.17) is 31.5 Å².